The van der Waals surface area contributed by atoms with Gasteiger partial charge in [0.05, 0.1) is 0 Å². The van der Waals surface area contributed by atoms with Crippen LogP contribution in [0.4, 0.5) is 0 Å². The van der Waals surface area contributed by atoms with Gasteiger partial charge in [0.15, 0.2) is 5.60 Å². The molecule has 0 saturated heterocycles. The van der Waals surface area contributed by atoms with Crippen molar-refractivity contribution >= 4 is 17.9 Å². The minimum atomic E-state index is -0.994. The van der Waals surface area contributed by atoms with Crippen molar-refractivity contribution in [3.63, 3.8) is 0 Å². The van der Waals surface area contributed by atoms with Crippen LogP contribution >= 0.6 is 0 Å². The molecule has 0 unspecified atom stereocenters. The molecule has 0 amide bonds. The molecule has 2 fully saturated rings. The first-order valence-electron chi connectivity index (χ1n) is 11.3. The number of carbonyl (C=O) groups excluding carboxylic acids is 3. The van der Waals surface area contributed by atoms with Gasteiger partial charge in [-0.2, -0.15) is 0 Å². The molecule has 4 rings (SSSR count). The van der Waals surface area contributed by atoms with E-state index in [9.17, 15) is 14.4 Å². The first-order valence-corrected chi connectivity index (χ1v) is 11.3. The van der Waals surface area contributed by atoms with Crippen LogP contribution in [0, 0.1) is 29.6 Å². The van der Waals surface area contributed by atoms with Crippen molar-refractivity contribution in [2.45, 2.75) is 77.4 Å². The van der Waals surface area contributed by atoms with Gasteiger partial charge in [0.25, 0.3) is 0 Å². The number of aryl methyl sites for hydroxylation is 1. The summed E-state index contributed by atoms with van der Waals surface area (Å²) in [6, 6.07) is 5.73. The van der Waals surface area contributed by atoms with Gasteiger partial charge in [-0.25, -0.2) is 0 Å². The van der Waals surface area contributed by atoms with Crippen molar-refractivity contribution < 1.29 is 28.6 Å². The predicted molar refractivity (Wildman–Crippen MR) is 117 cm³/mol. The number of fused-ring (bicyclic) bond motifs is 5. The maximum atomic E-state index is 12.1. The molecule has 6 atom stereocenters. The zero-order chi connectivity index (χ0) is 23.3. The Balaban J connectivity index is 1.76. The Kier molecular flexibility index (Phi) is 5.56. The molecule has 0 aromatic heterocycles. The molecule has 1 aromatic carbocycles. The van der Waals surface area contributed by atoms with Crippen LogP contribution in [0.15, 0.2) is 18.2 Å². The van der Waals surface area contributed by atoms with Crippen molar-refractivity contribution in [3.8, 4) is 18.1 Å². The van der Waals surface area contributed by atoms with Crippen LogP contribution in [0.2, 0.25) is 0 Å². The number of benzene rings is 1. The Hall–Kier alpha value is -2.81. The van der Waals surface area contributed by atoms with Crippen LogP contribution in [-0.2, 0) is 30.3 Å². The monoisotopic (exact) mass is 438 g/mol. The van der Waals surface area contributed by atoms with Gasteiger partial charge in [-0.15, -0.1) is 6.42 Å². The quantitative estimate of drug-likeness (QED) is 0.404. The summed E-state index contributed by atoms with van der Waals surface area (Å²) in [5.41, 5.74) is 0.777. The maximum Gasteiger partial charge on any atom is 0.308 e. The molecule has 0 radical (unpaired) electrons. The molecule has 2 saturated carbocycles. The topological polar surface area (TPSA) is 78.9 Å². The van der Waals surface area contributed by atoms with Gasteiger partial charge in [0.1, 0.15) is 11.9 Å². The number of ether oxygens (including phenoxy) is 3. The zero-order valence-corrected chi connectivity index (χ0v) is 19.1. The number of esters is 3. The van der Waals surface area contributed by atoms with E-state index >= 15 is 0 Å². The van der Waals surface area contributed by atoms with Gasteiger partial charge in [0, 0.05) is 32.1 Å². The average Bonchev–Trinajstić information content (AvgIpc) is 2.98. The third-order valence-corrected chi connectivity index (χ3v) is 7.90. The highest BCUT2D eigenvalue weighted by Crippen LogP contribution is 2.65. The van der Waals surface area contributed by atoms with E-state index in [0.717, 1.165) is 30.4 Å². The summed E-state index contributed by atoms with van der Waals surface area (Å²) in [5.74, 6) is 2.80. The first-order chi connectivity index (χ1) is 15.1. The molecule has 6 heteroatoms. The molecule has 3 aliphatic rings. The molecule has 0 N–H and O–H groups in total. The van der Waals surface area contributed by atoms with Gasteiger partial charge in [-0.3, -0.25) is 14.4 Å². The fraction of sp³-hybridized carbons (Fsp3) is 0.577. The van der Waals surface area contributed by atoms with Gasteiger partial charge < -0.3 is 14.2 Å². The zero-order valence-electron chi connectivity index (χ0n) is 19.1. The van der Waals surface area contributed by atoms with E-state index in [4.69, 9.17) is 20.6 Å². The number of terminal acetylenes is 1. The van der Waals surface area contributed by atoms with E-state index in [2.05, 4.69) is 12.8 Å². The summed E-state index contributed by atoms with van der Waals surface area (Å²) >= 11 is 0. The lowest BCUT2D eigenvalue weighted by Crippen LogP contribution is -2.56. The number of hydrogen-bond donors (Lipinski definition) is 0. The molecule has 170 valence electrons. The second kappa shape index (κ2) is 7.95. The second-order valence-electron chi connectivity index (χ2n) is 9.66. The molecule has 3 aliphatic carbocycles. The second-order valence-corrected chi connectivity index (χ2v) is 9.66. The summed E-state index contributed by atoms with van der Waals surface area (Å²) in [6.45, 7) is 6.29. The molecular weight excluding hydrogens is 408 g/mol. The van der Waals surface area contributed by atoms with Gasteiger partial charge in [-0.1, -0.05) is 18.9 Å². The minimum absolute atomic E-state index is 0.0259. The minimum Gasteiger partial charge on any atom is -0.462 e. The molecule has 6 nitrogen and oxygen atoms in total. The Labute approximate surface area is 189 Å². The van der Waals surface area contributed by atoms with E-state index in [1.807, 2.05) is 12.1 Å². The number of hydrogen-bond acceptors (Lipinski definition) is 6. The van der Waals surface area contributed by atoms with Gasteiger partial charge in [-0.05, 0) is 67.2 Å². The number of carbonyl (C=O) groups is 3. The van der Waals surface area contributed by atoms with Crippen molar-refractivity contribution in [2.75, 3.05) is 0 Å². The van der Waals surface area contributed by atoms with Crippen LogP contribution in [0.5, 0.6) is 5.75 Å². The average molecular weight is 439 g/mol. The van der Waals surface area contributed by atoms with Crippen LogP contribution in [0.3, 0.4) is 0 Å². The van der Waals surface area contributed by atoms with Crippen LogP contribution < -0.4 is 4.74 Å². The largest absolute Gasteiger partial charge is 0.462 e. The standard InChI is InChI=1S/C26H30O6/c1-6-26(32-17(4)29)12-11-22-21-9-7-18-13-19(30-15(2)27)8-10-20(18)24(21)23(31-16(3)28)14-25(22,26)5/h1,8,10,13,21-24H,7,9,11-12,14H2,2-5H3/t21-,22+,23+,24-,25+,26-/m0/s1. The summed E-state index contributed by atoms with van der Waals surface area (Å²) in [5, 5.41) is 0. The predicted octanol–water partition coefficient (Wildman–Crippen LogP) is 3.94. The van der Waals surface area contributed by atoms with Gasteiger partial charge in [0.2, 0.25) is 0 Å². The van der Waals surface area contributed by atoms with E-state index in [0.29, 0.717) is 18.6 Å². The summed E-state index contributed by atoms with van der Waals surface area (Å²) in [6.07, 6.45) is 9.34. The third kappa shape index (κ3) is 3.48. The highest BCUT2D eigenvalue weighted by atomic mass is 16.6. The summed E-state index contributed by atoms with van der Waals surface area (Å²) < 4.78 is 17.0. The van der Waals surface area contributed by atoms with Gasteiger partial charge >= 0.3 is 17.9 Å². The van der Waals surface area contributed by atoms with E-state index in [-0.39, 0.29) is 41.8 Å². The lowest BCUT2D eigenvalue weighted by Gasteiger charge is -2.55. The SMILES string of the molecule is C#C[C@]1(OC(C)=O)CC[C@@H]2[C@@H]3CCc4cc(OC(C)=O)ccc4[C@@H]3[C@H](OC(C)=O)C[C@]21C. The van der Waals surface area contributed by atoms with Crippen molar-refractivity contribution in [3.05, 3.63) is 29.3 Å². The van der Waals surface area contributed by atoms with E-state index in [1.54, 1.807) is 6.07 Å². The number of rotatable bonds is 3. The van der Waals surface area contributed by atoms with Crippen LogP contribution in [0.25, 0.3) is 0 Å². The summed E-state index contributed by atoms with van der Waals surface area (Å²) in [4.78, 5) is 35.4. The molecule has 0 heterocycles. The molecule has 0 aliphatic heterocycles. The highest BCUT2D eigenvalue weighted by Gasteiger charge is 2.66. The molecule has 1 aromatic rings. The summed E-state index contributed by atoms with van der Waals surface area (Å²) in [7, 11) is 0. The molecule has 0 bridgehead atoms. The maximum absolute atomic E-state index is 12.1. The Morgan fingerprint density at radius 1 is 1.09 bits per heavy atom. The lowest BCUT2D eigenvalue weighted by atomic mass is 9.52. The fourth-order valence-electron chi connectivity index (χ4n) is 6.83. The van der Waals surface area contributed by atoms with Crippen molar-refractivity contribution in [1.29, 1.82) is 0 Å². The van der Waals surface area contributed by atoms with Crippen molar-refractivity contribution in [1.82, 2.24) is 0 Å². The smallest absolute Gasteiger partial charge is 0.308 e. The molecule has 32 heavy (non-hydrogen) atoms. The Morgan fingerprint density at radius 2 is 1.84 bits per heavy atom. The molecule has 0 spiro atoms. The lowest BCUT2D eigenvalue weighted by molar-refractivity contribution is -0.179. The fourth-order valence-corrected chi connectivity index (χ4v) is 6.83. The molecular formula is C26H30O6. The van der Waals surface area contributed by atoms with Crippen LogP contribution in [-0.4, -0.2) is 29.6 Å². The van der Waals surface area contributed by atoms with Crippen molar-refractivity contribution in [2.24, 2.45) is 17.3 Å². The Bertz CT molecular complexity index is 1010. The third-order valence-electron chi connectivity index (χ3n) is 7.90. The van der Waals surface area contributed by atoms with E-state index in [1.165, 1.54) is 20.8 Å². The highest BCUT2D eigenvalue weighted by molar-refractivity contribution is 5.69. The normalized spacial score (nSPS) is 34.8. The van der Waals surface area contributed by atoms with Crippen LogP contribution in [0.1, 0.15) is 70.4 Å². The Morgan fingerprint density at radius 3 is 2.47 bits per heavy atom. The van der Waals surface area contributed by atoms with E-state index < -0.39 is 11.0 Å². The first kappa shape index (κ1) is 22.4.